The molecule has 0 unspecified atom stereocenters. The molecule has 0 fully saturated rings. The Balaban J connectivity index is 1.67. The quantitative estimate of drug-likeness (QED) is 0.814. The number of Topliss-reactive ketones (excluding diaryl/α,β-unsaturated/α-hetero) is 1. The zero-order chi connectivity index (χ0) is 17.8. The van der Waals surface area contributed by atoms with Crippen molar-refractivity contribution in [3.63, 3.8) is 0 Å². The molecule has 5 nitrogen and oxygen atoms in total. The van der Waals surface area contributed by atoms with Gasteiger partial charge in [-0.25, -0.2) is 0 Å². The molecule has 0 bridgehead atoms. The van der Waals surface area contributed by atoms with E-state index in [4.69, 9.17) is 9.47 Å². The van der Waals surface area contributed by atoms with Gasteiger partial charge < -0.3 is 14.8 Å². The molecule has 1 amide bonds. The lowest BCUT2D eigenvalue weighted by Crippen LogP contribution is -2.14. The lowest BCUT2D eigenvalue weighted by Gasteiger charge is -2.11. The molecule has 2 aromatic rings. The Kier molecular flexibility index (Phi) is 5.03. The van der Waals surface area contributed by atoms with E-state index >= 15 is 0 Å². The summed E-state index contributed by atoms with van der Waals surface area (Å²) in [6.07, 6.45) is 1.99. The highest BCUT2D eigenvalue weighted by Gasteiger charge is 2.20. The first kappa shape index (κ1) is 17.0. The number of hydrogen-bond acceptors (Lipinski definition) is 4. The topological polar surface area (TPSA) is 64.6 Å². The third-order valence-electron chi connectivity index (χ3n) is 4.24. The second-order valence-corrected chi connectivity index (χ2v) is 6.03. The van der Waals surface area contributed by atoms with Crippen LogP contribution in [0.25, 0.3) is 0 Å². The van der Waals surface area contributed by atoms with Crippen molar-refractivity contribution >= 4 is 17.4 Å². The van der Waals surface area contributed by atoms with Crippen LogP contribution in [0.3, 0.4) is 0 Å². The summed E-state index contributed by atoms with van der Waals surface area (Å²) in [5.74, 6) is 0.791. The average molecular weight is 339 g/mol. The number of nitrogens with one attached hydrogen (secondary N) is 1. The van der Waals surface area contributed by atoms with E-state index in [1.165, 1.54) is 12.5 Å². The Morgan fingerprint density at radius 1 is 1.04 bits per heavy atom. The van der Waals surface area contributed by atoms with E-state index < -0.39 is 0 Å². The van der Waals surface area contributed by atoms with E-state index in [0.29, 0.717) is 35.6 Å². The van der Waals surface area contributed by atoms with Crippen LogP contribution < -0.4 is 14.8 Å². The number of ether oxygens (including phenoxy) is 2. The van der Waals surface area contributed by atoms with E-state index in [1.54, 1.807) is 12.1 Å². The highest BCUT2D eigenvalue weighted by Crippen LogP contribution is 2.37. The minimum absolute atomic E-state index is 0.123. The fraction of sp³-hybridized carbons (Fsp3) is 0.300. The van der Waals surface area contributed by atoms with Crippen molar-refractivity contribution < 1.29 is 19.1 Å². The van der Waals surface area contributed by atoms with E-state index in [0.717, 1.165) is 12.0 Å². The largest absolute Gasteiger partial charge is 0.454 e. The number of carbonyl (C=O) groups is 2. The first-order chi connectivity index (χ1) is 12.1. The van der Waals surface area contributed by atoms with Gasteiger partial charge in [0.25, 0.3) is 0 Å². The fourth-order valence-electron chi connectivity index (χ4n) is 2.75. The summed E-state index contributed by atoms with van der Waals surface area (Å²) in [5, 5.41) is 2.82. The van der Waals surface area contributed by atoms with Crippen LogP contribution >= 0.6 is 0 Å². The second kappa shape index (κ2) is 7.38. The highest BCUT2D eigenvalue weighted by molar-refractivity contribution is 6.04. The van der Waals surface area contributed by atoms with Gasteiger partial charge in [0.15, 0.2) is 17.3 Å². The molecule has 0 saturated carbocycles. The lowest BCUT2D eigenvalue weighted by molar-refractivity contribution is -0.116. The summed E-state index contributed by atoms with van der Waals surface area (Å²) in [5.41, 5.74) is 3.28. The van der Waals surface area contributed by atoms with E-state index in [2.05, 4.69) is 24.4 Å². The molecule has 0 aromatic heterocycles. The van der Waals surface area contributed by atoms with Gasteiger partial charge in [-0.1, -0.05) is 31.2 Å². The molecule has 1 N–H and O–H groups in total. The van der Waals surface area contributed by atoms with Gasteiger partial charge in [-0.05, 0) is 37.0 Å². The molecular weight excluding hydrogens is 318 g/mol. The number of carbonyl (C=O) groups excluding carboxylic acids is 2. The SMILES string of the molecule is CCc1ccc(CCC(=O)Nc2cc3c(cc2C(C)=O)OCO3)cc1. The standard InChI is InChI=1S/C20H21NO4/c1-3-14-4-6-15(7-5-14)8-9-20(23)21-17-11-19-18(24-12-25-19)10-16(17)13(2)22/h4-7,10-11H,3,8-9,12H2,1-2H3,(H,21,23). The Labute approximate surface area is 147 Å². The Morgan fingerprint density at radius 3 is 2.32 bits per heavy atom. The average Bonchev–Trinajstić information content (AvgIpc) is 3.07. The highest BCUT2D eigenvalue weighted by atomic mass is 16.7. The maximum absolute atomic E-state index is 12.3. The number of ketones is 1. The molecule has 0 spiro atoms. The molecular formula is C20H21NO4. The lowest BCUT2D eigenvalue weighted by atomic mass is 10.1. The fourth-order valence-corrected chi connectivity index (χ4v) is 2.75. The van der Waals surface area contributed by atoms with E-state index in [9.17, 15) is 9.59 Å². The molecule has 5 heteroatoms. The van der Waals surface area contributed by atoms with Crippen molar-refractivity contribution in [2.45, 2.75) is 33.1 Å². The van der Waals surface area contributed by atoms with Crippen molar-refractivity contribution in [2.75, 3.05) is 12.1 Å². The zero-order valence-corrected chi connectivity index (χ0v) is 14.4. The van der Waals surface area contributed by atoms with Gasteiger partial charge in [0.2, 0.25) is 12.7 Å². The molecule has 1 aliphatic rings. The van der Waals surface area contributed by atoms with Crippen molar-refractivity contribution in [1.82, 2.24) is 0 Å². The molecule has 1 aliphatic heterocycles. The Bertz CT molecular complexity index is 796. The Morgan fingerprint density at radius 2 is 1.68 bits per heavy atom. The second-order valence-electron chi connectivity index (χ2n) is 6.03. The minimum atomic E-state index is -0.138. The van der Waals surface area contributed by atoms with E-state index in [-0.39, 0.29) is 18.5 Å². The van der Waals surface area contributed by atoms with Gasteiger partial charge in [-0.3, -0.25) is 9.59 Å². The predicted molar refractivity (Wildman–Crippen MR) is 95.3 cm³/mol. The number of amides is 1. The molecule has 1 heterocycles. The molecule has 0 atom stereocenters. The smallest absolute Gasteiger partial charge is 0.231 e. The van der Waals surface area contributed by atoms with Crippen LogP contribution in [0, 0.1) is 0 Å². The van der Waals surface area contributed by atoms with Crippen LogP contribution in [0.1, 0.15) is 41.8 Å². The number of fused-ring (bicyclic) bond motifs is 1. The normalized spacial score (nSPS) is 12.1. The number of anilines is 1. The maximum Gasteiger partial charge on any atom is 0.231 e. The zero-order valence-electron chi connectivity index (χ0n) is 14.4. The van der Waals surface area contributed by atoms with Gasteiger partial charge in [0, 0.05) is 18.1 Å². The maximum atomic E-state index is 12.3. The van der Waals surface area contributed by atoms with Gasteiger partial charge >= 0.3 is 0 Å². The molecule has 130 valence electrons. The van der Waals surface area contributed by atoms with Crippen LogP contribution in [0.15, 0.2) is 36.4 Å². The van der Waals surface area contributed by atoms with Crippen LogP contribution in [-0.2, 0) is 17.6 Å². The number of benzene rings is 2. The summed E-state index contributed by atoms with van der Waals surface area (Å²) >= 11 is 0. The molecule has 0 radical (unpaired) electrons. The van der Waals surface area contributed by atoms with Crippen LogP contribution in [0.4, 0.5) is 5.69 Å². The minimum Gasteiger partial charge on any atom is -0.454 e. The summed E-state index contributed by atoms with van der Waals surface area (Å²) in [6, 6.07) is 11.5. The third-order valence-corrected chi connectivity index (χ3v) is 4.24. The third kappa shape index (κ3) is 3.99. The molecule has 25 heavy (non-hydrogen) atoms. The van der Waals surface area contributed by atoms with Crippen LogP contribution in [0.2, 0.25) is 0 Å². The number of aryl methyl sites for hydroxylation is 2. The summed E-state index contributed by atoms with van der Waals surface area (Å²) in [7, 11) is 0. The van der Waals surface area contributed by atoms with Gasteiger partial charge in [0.1, 0.15) is 0 Å². The molecule has 0 saturated heterocycles. The van der Waals surface area contributed by atoms with Gasteiger partial charge in [-0.15, -0.1) is 0 Å². The summed E-state index contributed by atoms with van der Waals surface area (Å²) in [6.45, 7) is 3.70. The van der Waals surface area contributed by atoms with Crippen LogP contribution in [0.5, 0.6) is 11.5 Å². The first-order valence-corrected chi connectivity index (χ1v) is 8.39. The Hall–Kier alpha value is -2.82. The number of hydrogen-bond donors (Lipinski definition) is 1. The van der Waals surface area contributed by atoms with Gasteiger partial charge in [0.05, 0.1) is 5.69 Å². The molecule has 0 aliphatic carbocycles. The van der Waals surface area contributed by atoms with Crippen molar-refractivity contribution in [1.29, 1.82) is 0 Å². The van der Waals surface area contributed by atoms with Crippen molar-refractivity contribution in [3.05, 3.63) is 53.1 Å². The number of rotatable bonds is 6. The first-order valence-electron chi connectivity index (χ1n) is 8.39. The summed E-state index contributed by atoms with van der Waals surface area (Å²) < 4.78 is 10.6. The van der Waals surface area contributed by atoms with Gasteiger partial charge in [-0.2, -0.15) is 0 Å². The summed E-state index contributed by atoms with van der Waals surface area (Å²) in [4.78, 5) is 24.1. The molecule has 2 aromatic carbocycles. The van der Waals surface area contributed by atoms with Crippen molar-refractivity contribution in [3.8, 4) is 11.5 Å². The molecule has 3 rings (SSSR count). The van der Waals surface area contributed by atoms with Crippen molar-refractivity contribution in [2.24, 2.45) is 0 Å². The monoisotopic (exact) mass is 339 g/mol. The van der Waals surface area contributed by atoms with E-state index in [1.807, 2.05) is 12.1 Å². The predicted octanol–water partition coefficient (Wildman–Crippen LogP) is 3.75. The van der Waals surface area contributed by atoms with Crippen LogP contribution in [-0.4, -0.2) is 18.5 Å².